The van der Waals surface area contributed by atoms with Gasteiger partial charge in [-0.05, 0) is 31.7 Å². The Morgan fingerprint density at radius 1 is 1.65 bits per heavy atom. The zero-order valence-electron chi connectivity index (χ0n) is 11.9. The summed E-state index contributed by atoms with van der Waals surface area (Å²) in [6.45, 7) is 7.19. The molecule has 0 bridgehead atoms. The highest BCUT2D eigenvalue weighted by molar-refractivity contribution is 5.74. The molecule has 1 aliphatic rings. The van der Waals surface area contributed by atoms with Crippen LogP contribution in [0.3, 0.4) is 0 Å². The maximum Gasteiger partial charge on any atom is 0.315 e. The summed E-state index contributed by atoms with van der Waals surface area (Å²) in [6, 6.07) is 0.0392. The van der Waals surface area contributed by atoms with Crippen LogP contribution in [0.2, 0.25) is 0 Å². The molecule has 0 saturated heterocycles. The lowest BCUT2D eigenvalue weighted by atomic mass is 9.94. The van der Waals surface area contributed by atoms with Crippen LogP contribution in [0.1, 0.15) is 24.6 Å². The van der Waals surface area contributed by atoms with Crippen LogP contribution in [0, 0.1) is 0 Å². The number of urea groups is 1. The molecule has 1 aromatic heterocycles. The summed E-state index contributed by atoms with van der Waals surface area (Å²) >= 11 is 0. The Hall–Kier alpha value is -1.82. The van der Waals surface area contributed by atoms with Gasteiger partial charge in [-0.15, -0.1) is 0 Å². The van der Waals surface area contributed by atoms with Gasteiger partial charge in [0.2, 0.25) is 0 Å². The van der Waals surface area contributed by atoms with E-state index in [0.717, 1.165) is 24.8 Å². The molecule has 0 radical (unpaired) electrons. The summed E-state index contributed by atoms with van der Waals surface area (Å²) < 4.78 is 5.32. The highest BCUT2D eigenvalue weighted by Gasteiger charge is 2.21. The van der Waals surface area contributed by atoms with E-state index >= 15 is 0 Å². The first-order valence-corrected chi connectivity index (χ1v) is 6.92. The van der Waals surface area contributed by atoms with Gasteiger partial charge in [0.15, 0.2) is 0 Å². The lowest BCUT2D eigenvalue weighted by molar-refractivity contribution is 0.157. The van der Waals surface area contributed by atoms with Crippen LogP contribution in [-0.4, -0.2) is 42.0 Å². The molecule has 1 heterocycles. The summed E-state index contributed by atoms with van der Waals surface area (Å²) in [5, 5.41) is 12.8. The Balaban J connectivity index is 1.62. The standard InChI is InChI=1S/C14H22N4O2/c1-10(2)9-20-6-5-15-14(19)17-12-3-4-13-11(7-12)8-16-18-13/h8,12H,1,3-7,9H2,2H3,(H,16,18)(H2,15,17,19)/t12-/m1/s1. The van der Waals surface area contributed by atoms with Crippen molar-refractivity contribution in [3.63, 3.8) is 0 Å². The molecule has 1 aromatic rings. The smallest absolute Gasteiger partial charge is 0.315 e. The van der Waals surface area contributed by atoms with Crippen molar-refractivity contribution in [2.24, 2.45) is 0 Å². The van der Waals surface area contributed by atoms with Crippen molar-refractivity contribution in [1.29, 1.82) is 0 Å². The maximum atomic E-state index is 11.7. The van der Waals surface area contributed by atoms with Crippen molar-refractivity contribution in [2.75, 3.05) is 19.8 Å². The molecule has 0 aliphatic heterocycles. The fraction of sp³-hybridized carbons (Fsp3) is 0.571. The molecule has 2 amide bonds. The Labute approximate surface area is 119 Å². The van der Waals surface area contributed by atoms with Crippen LogP contribution in [0.5, 0.6) is 0 Å². The third-order valence-corrected chi connectivity index (χ3v) is 3.23. The van der Waals surface area contributed by atoms with Gasteiger partial charge in [-0.1, -0.05) is 12.2 Å². The Kier molecular flexibility index (Phi) is 5.17. The van der Waals surface area contributed by atoms with Crippen molar-refractivity contribution in [1.82, 2.24) is 20.8 Å². The molecule has 20 heavy (non-hydrogen) atoms. The number of nitrogens with one attached hydrogen (secondary N) is 3. The van der Waals surface area contributed by atoms with E-state index in [9.17, 15) is 4.79 Å². The molecule has 6 nitrogen and oxygen atoms in total. The molecule has 1 atom stereocenters. The molecule has 0 spiro atoms. The van der Waals surface area contributed by atoms with Gasteiger partial charge in [-0.2, -0.15) is 5.10 Å². The summed E-state index contributed by atoms with van der Waals surface area (Å²) in [4.78, 5) is 11.7. The molecular weight excluding hydrogens is 256 g/mol. The zero-order valence-corrected chi connectivity index (χ0v) is 11.9. The third-order valence-electron chi connectivity index (χ3n) is 3.23. The number of nitrogens with zero attached hydrogens (tertiary/aromatic N) is 1. The van der Waals surface area contributed by atoms with Crippen LogP contribution in [0.15, 0.2) is 18.3 Å². The van der Waals surface area contributed by atoms with Gasteiger partial charge < -0.3 is 15.4 Å². The summed E-state index contributed by atoms with van der Waals surface area (Å²) in [7, 11) is 0. The van der Waals surface area contributed by atoms with Gasteiger partial charge in [0.1, 0.15) is 0 Å². The lowest BCUT2D eigenvalue weighted by Crippen LogP contribution is -2.45. The average molecular weight is 278 g/mol. The van der Waals surface area contributed by atoms with Gasteiger partial charge in [0.25, 0.3) is 0 Å². The maximum absolute atomic E-state index is 11.7. The quantitative estimate of drug-likeness (QED) is 0.539. The molecule has 2 rings (SSSR count). The number of hydrogen-bond donors (Lipinski definition) is 3. The summed E-state index contributed by atoms with van der Waals surface area (Å²) in [6.07, 6.45) is 4.55. The highest BCUT2D eigenvalue weighted by Crippen LogP contribution is 2.18. The SMILES string of the molecule is C=C(C)COCCNC(=O)N[C@@H]1CCc2[nH]ncc2C1. The Morgan fingerprint density at radius 3 is 3.30 bits per heavy atom. The van der Waals surface area contributed by atoms with Crippen molar-refractivity contribution in [2.45, 2.75) is 32.2 Å². The number of carbonyl (C=O) groups is 1. The molecule has 6 heteroatoms. The van der Waals surface area contributed by atoms with E-state index in [4.69, 9.17) is 4.74 Å². The lowest BCUT2D eigenvalue weighted by Gasteiger charge is -2.22. The van der Waals surface area contributed by atoms with E-state index in [1.54, 1.807) is 0 Å². The van der Waals surface area contributed by atoms with Crippen LogP contribution >= 0.6 is 0 Å². The van der Waals surface area contributed by atoms with Crippen LogP contribution in [-0.2, 0) is 17.6 Å². The van der Waals surface area contributed by atoms with Crippen molar-refractivity contribution >= 4 is 6.03 Å². The van der Waals surface area contributed by atoms with Crippen molar-refractivity contribution in [3.8, 4) is 0 Å². The van der Waals surface area contributed by atoms with Crippen molar-refractivity contribution in [3.05, 3.63) is 29.6 Å². The molecule has 0 unspecified atom stereocenters. The number of amides is 2. The number of carbonyl (C=O) groups excluding carboxylic acids is 1. The number of aryl methyl sites for hydroxylation is 1. The molecule has 110 valence electrons. The summed E-state index contributed by atoms with van der Waals surface area (Å²) in [5.74, 6) is 0. The fourth-order valence-corrected chi connectivity index (χ4v) is 2.26. The second-order valence-electron chi connectivity index (χ2n) is 5.22. The predicted octanol–water partition coefficient (Wildman–Crippen LogP) is 1.16. The third kappa shape index (κ3) is 4.38. The van der Waals surface area contributed by atoms with Crippen LogP contribution in [0.4, 0.5) is 4.79 Å². The molecule has 1 aliphatic carbocycles. The van der Waals surface area contributed by atoms with Crippen LogP contribution in [0.25, 0.3) is 0 Å². The second-order valence-corrected chi connectivity index (χ2v) is 5.22. The Bertz CT molecular complexity index is 469. The Morgan fingerprint density at radius 2 is 2.50 bits per heavy atom. The minimum atomic E-state index is -0.138. The first kappa shape index (κ1) is 14.6. The molecule has 0 aromatic carbocycles. The predicted molar refractivity (Wildman–Crippen MR) is 76.6 cm³/mol. The number of H-pyrrole nitrogens is 1. The highest BCUT2D eigenvalue weighted by atomic mass is 16.5. The van der Waals surface area contributed by atoms with Crippen molar-refractivity contribution < 1.29 is 9.53 Å². The topological polar surface area (TPSA) is 79.0 Å². The van der Waals surface area contributed by atoms with Gasteiger partial charge in [-0.3, -0.25) is 5.10 Å². The summed E-state index contributed by atoms with van der Waals surface area (Å²) in [5.41, 5.74) is 3.37. The number of rotatable bonds is 6. The normalized spacial score (nSPS) is 17.4. The largest absolute Gasteiger partial charge is 0.375 e. The minimum Gasteiger partial charge on any atom is -0.375 e. The van der Waals surface area contributed by atoms with E-state index in [-0.39, 0.29) is 12.1 Å². The van der Waals surface area contributed by atoms with Gasteiger partial charge in [-0.25, -0.2) is 4.79 Å². The molecule has 3 N–H and O–H groups in total. The van der Waals surface area contributed by atoms with Gasteiger partial charge in [0, 0.05) is 18.3 Å². The second kappa shape index (κ2) is 7.09. The van der Waals surface area contributed by atoms with Crippen LogP contribution < -0.4 is 10.6 Å². The van der Waals surface area contributed by atoms with E-state index in [1.807, 2.05) is 13.1 Å². The van der Waals surface area contributed by atoms with Gasteiger partial charge >= 0.3 is 6.03 Å². The van der Waals surface area contributed by atoms with Gasteiger partial charge in [0.05, 0.1) is 19.4 Å². The van der Waals surface area contributed by atoms with E-state index in [0.29, 0.717) is 19.8 Å². The number of aromatic nitrogens is 2. The number of hydrogen-bond acceptors (Lipinski definition) is 3. The first-order valence-electron chi connectivity index (χ1n) is 6.92. The fourth-order valence-electron chi connectivity index (χ4n) is 2.26. The van der Waals surface area contributed by atoms with E-state index in [2.05, 4.69) is 27.4 Å². The van der Waals surface area contributed by atoms with E-state index < -0.39 is 0 Å². The molecule has 0 saturated carbocycles. The monoisotopic (exact) mass is 278 g/mol. The minimum absolute atomic E-state index is 0.138. The first-order chi connectivity index (χ1) is 9.65. The number of fused-ring (bicyclic) bond motifs is 1. The average Bonchev–Trinajstić information content (AvgIpc) is 2.85. The number of aromatic amines is 1. The number of ether oxygens (including phenoxy) is 1. The molecule has 0 fully saturated rings. The molecular formula is C14H22N4O2. The zero-order chi connectivity index (χ0) is 14.4. The van der Waals surface area contributed by atoms with E-state index in [1.165, 1.54) is 11.3 Å².